The van der Waals surface area contributed by atoms with E-state index in [0.717, 1.165) is 38.1 Å². The Kier molecular flexibility index (Phi) is 8.33. The SMILES string of the molecule is CCCNC1=C(c2ncccn2)C(=O)NC(NCCCCSC)(OC)N1C. The second kappa shape index (κ2) is 10.5. The maximum Gasteiger partial charge on any atom is 0.285 e. The molecule has 9 heteroatoms. The molecule has 0 radical (unpaired) electrons. The lowest BCUT2D eigenvalue weighted by atomic mass is 10.1. The van der Waals surface area contributed by atoms with Crippen LogP contribution in [0.2, 0.25) is 0 Å². The Bertz CT molecular complexity index is 642. The molecule has 0 aliphatic carbocycles. The molecule has 150 valence electrons. The molecular weight excluding hydrogens is 364 g/mol. The standard InChI is InChI=1S/C18H30N6O2S/c1-5-9-21-16-14(15-19-10-8-11-20-15)17(25)23-18(26-3,24(16)2)22-12-6-7-13-27-4/h8,10-11,21-22H,5-7,9,12-13H2,1-4H3,(H,23,25). The summed E-state index contributed by atoms with van der Waals surface area (Å²) in [5, 5.41) is 9.64. The smallest absolute Gasteiger partial charge is 0.285 e. The van der Waals surface area contributed by atoms with Crippen LogP contribution in [-0.4, -0.2) is 66.0 Å². The zero-order valence-electron chi connectivity index (χ0n) is 16.5. The first kappa shape index (κ1) is 21.5. The van der Waals surface area contributed by atoms with Gasteiger partial charge in [0.25, 0.3) is 11.9 Å². The van der Waals surface area contributed by atoms with E-state index in [4.69, 9.17) is 4.74 Å². The van der Waals surface area contributed by atoms with Crippen LogP contribution in [0.4, 0.5) is 0 Å². The first-order valence-electron chi connectivity index (χ1n) is 9.20. The minimum absolute atomic E-state index is 0.281. The lowest BCUT2D eigenvalue weighted by Crippen LogP contribution is -2.72. The molecule has 3 N–H and O–H groups in total. The van der Waals surface area contributed by atoms with Crippen molar-refractivity contribution in [3.63, 3.8) is 0 Å². The number of rotatable bonds is 11. The number of nitrogens with one attached hydrogen (secondary N) is 3. The van der Waals surface area contributed by atoms with Gasteiger partial charge < -0.3 is 15.0 Å². The molecule has 1 aromatic heterocycles. The number of carbonyl (C=O) groups excluding carboxylic acids is 1. The van der Waals surface area contributed by atoms with Crippen molar-refractivity contribution in [2.45, 2.75) is 32.2 Å². The molecule has 0 saturated heterocycles. The number of aromatic nitrogens is 2. The van der Waals surface area contributed by atoms with E-state index in [2.05, 4.69) is 39.1 Å². The summed E-state index contributed by atoms with van der Waals surface area (Å²) < 4.78 is 5.73. The van der Waals surface area contributed by atoms with E-state index in [1.165, 1.54) is 0 Å². The van der Waals surface area contributed by atoms with E-state index in [1.54, 1.807) is 25.6 Å². The molecule has 0 aromatic carbocycles. The summed E-state index contributed by atoms with van der Waals surface area (Å²) in [6, 6.07) is 1.73. The average molecular weight is 395 g/mol. The minimum atomic E-state index is -1.12. The Balaban J connectivity index is 2.31. The normalized spacial score (nSPS) is 20.0. The summed E-state index contributed by atoms with van der Waals surface area (Å²) in [4.78, 5) is 23.4. The molecule has 1 amide bonds. The van der Waals surface area contributed by atoms with E-state index in [-0.39, 0.29) is 5.91 Å². The highest BCUT2D eigenvalue weighted by atomic mass is 32.2. The summed E-state index contributed by atoms with van der Waals surface area (Å²) in [5.74, 6) is 0.736. The lowest BCUT2D eigenvalue weighted by molar-refractivity contribution is -0.173. The number of unbranched alkanes of at least 4 members (excludes halogenated alkanes) is 1. The summed E-state index contributed by atoms with van der Waals surface area (Å²) in [6.45, 7) is 3.51. The first-order chi connectivity index (χ1) is 13.1. The molecule has 0 bridgehead atoms. The third-order valence-electron chi connectivity index (χ3n) is 4.32. The van der Waals surface area contributed by atoms with Gasteiger partial charge in [0.05, 0.1) is 0 Å². The van der Waals surface area contributed by atoms with Crippen LogP contribution in [0.5, 0.6) is 0 Å². The lowest BCUT2D eigenvalue weighted by Gasteiger charge is -2.46. The van der Waals surface area contributed by atoms with Crippen molar-refractivity contribution in [3.8, 4) is 0 Å². The first-order valence-corrected chi connectivity index (χ1v) is 10.6. The Labute approximate surface area is 165 Å². The van der Waals surface area contributed by atoms with E-state index in [1.807, 2.05) is 23.7 Å². The van der Waals surface area contributed by atoms with Crippen LogP contribution in [0.15, 0.2) is 24.3 Å². The fourth-order valence-electron chi connectivity index (χ4n) is 2.87. The number of amides is 1. The summed E-state index contributed by atoms with van der Waals surface area (Å²) in [6.07, 6.45) is 8.37. The average Bonchev–Trinajstić information content (AvgIpc) is 2.69. The molecule has 0 spiro atoms. The molecule has 0 fully saturated rings. The molecule has 1 atom stereocenters. The number of ether oxygens (including phenoxy) is 1. The quantitative estimate of drug-likeness (QED) is 0.381. The molecule has 2 heterocycles. The summed E-state index contributed by atoms with van der Waals surface area (Å²) in [5.41, 5.74) is 0.406. The van der Waals surface area contributed by atoms with Gasteiger partial charge in [-0.3, -0.25) is 15.4 Å². The third kappa shape index (κ3) is 5.12. The maximum absolute atomic E-state index is 13.0. The molecule has 2 rings (SSSR count). The van der Waals surface area contributed by atoms with Crippen molar-refractivity contribution >= 4 is 23.2 Å². The highest BCUT2D eigenvalue weighted by Gasteiger charge is 2.45. The van der Waals surface area contributed by atoms with Crippen LogP contribution in [0.3, 0.4) is 0 Å². The van der Waals surface area contributed by atoms with Crippen molar-refractivity contribution < 1.29 is 9.53 Å². The van der Waals surface area contributed by atoms with Gasteiger partial charge in [-0.05, 0) is 37.3 Å². The fraction of sp³-hybridized carbons (Fsp3) is 0.611. The van der Waals surface area contributed by atoms with Gasteiger partial charge in [-0.1, -0.05) is 6.92 Å². The number of methoxy groups -OCH3 is 1. The van der Waals surface area contributed by atoms with Gasteiger partial charge >= 0.3 is 0 Å². The van der Waals surface area contributed by atoms with Gasteiger partial charge in [-0.15, -0.1) is 0 Å². The number of nitrogens with zero attached hydrogens (tertiary/aromatic N) is 3. The number of carbonyl (C=O) groups is 1. The van der Waals surface area contributed by atoms with Crippen LogP contribution < -0.4 is 16.0 Å². The third-order valence-corrected chi connectivity index (χ3v) is 5.02. The maximum atomic E-state index is 13.0. The molecule has 1 unspecified atom stereocenters. The Morgan fingerprint density at radius 3 is 2.67 bits per heavy atom. The van der Waals surface area contributed by atoms with E-state index < -0.39 is 5.97 Å². The minimum Gasteiger partial charge on any atom is -0.371 e. The monoisotopic (exact) mass is 394 g/mol. The second-order valence-electron chi connectivity index (χ2n) is 6.21. The molecular formula is C18H30N6O2S. The van der Waals surface area contributed by atoms with Gasteiger partial charge in [0.2, 0.25) is 0 Å². The van der Waals surface area contributed by atoms with Gasteiger partial charge in [0, 0.05) is 39.6 Å². The molecule has 1 aliphatic rings. The fourth-order valence-corrected chi connectivity index (χ4v) is 3.36. The van der Waals surface area contributed by atoms with E-state index in [0.29, 0.717) is 17.2 Å². The van der Waals surface area contributed by atoms with E-state index >= 15 is 0 Å². The van der Waals surface area contributed by atoms with Gasteiger partial charge in [-0.25, -0.2) is 9.97 Å². The molecule has 1 aromatic rings. The molecule has 27 heavy (non-hydrogen) atoms. The van der Waals surface area contributed by atoms with Gasteiger partial charge in [0.15, 0.2) is 5.82 Å². The predicted molar refractivity (Wildman–Crippen MR) is 109 cm³/mol. The predicted octanol–water partition coefficient (Wildman–Crippen LogP) is 1.20. The topological polar surface area (TPSA) is 91.4 Å². The van der Waals surface area contributed by atoms with Crippen molar-refractivity contribution in [3.05, 3.63) is 30.1 Å². The van der Waals surface area contributed by atoms with Crippen molar-refractivity contribution in [1.82, 2.24) is 30.8 Å². The van der Waals surface area contributed by atoms with Crippen molar-refractivity contribution in [2.75, 3.05) is 39.3 Å². The summed E-state index contributed by atoms with van der Waals surface area (Å²) >= 11 is 1.83. The van der Waals surface area contributed by atoms with Gasteiger partial charge in [-0.2, -0.15) is 11.8 Å². The van der Waals surface area contributed by atoms with Crippen LogP contribution in [0.1, 0.15) is 32.0 Å². The zero-order chi connectivity index (χ0) is 19.7. The van der Waals surface area contributed by atoms with E-state index in [9.17, 15) is 4.79 Å². The van der Waals surface area contributed by atoms with Crippen LogP contribution in [-0.2, 0) is 9.53 Å². The Hall–Kier alpha value is -1.84. The number of hydrogen-bond acceptors (Lipinski definition) is 8. The molecule has 0 saturated carbocycles. The second-order valence-corrected chi connectivity index (χ2v) is 7.20. The Morgan fingerprint density at radius 2 is 2.04 bits per heavy atom. The van der Waals surface area contributed by atoms with Crippen LogP contribution in [0, 0.1) is 0 Å². The zero-order valence-corrected chi connectivity index (χ0v) is 17.4. The number of thioether (sulfide) groups is 1. The number of hydrogen-bond donors (Lipinski definition) is 3. The van der Waals surface area contributed by atoms with Crippen LogP contribution >= 0.6 is 11.8 Å². The Morgan fingerprint density at radius 1 is 1.30 bits per heavy atom. The highest BCUT2D eigenvalue weighted by molar-refractivity contribution is 7.98. The van der Waals surface area contributed by atoms with Crippen LogP contribution in [0.25, 0.3) is 5.57 Å². The highest BCUT2D eigenvalue weighted by Crippen LogP contribution is 2.26. The molecule has 1 aliphatic heterocycles. The van der Waals surface area contributed by atoms with Gasteiger partial charge in [0.1, 0.15) is 11.4 Å². The van der Waals surface area contributed by atoms with Crippen molar-refractivity contribution in [2.24, 2.45) is 0 Å². The van der Waals surface area contributed by atoms with Crippen molar-refractivity contribution in [1.29, 1.82) is 0 Å². The summed E-state index contributed by atoms with van der Waals surface area (Å²) in [7, 11) is 3.45. The largest absolute Gasteiger partial charge is 0.371 e. The molecule has 8 nitrogen and oxygen atoms in total.